The molecule has 0 aliphatic carbocycles. The topological polar surface area (TPSA) is 27.0 Å². The maximum Gasteiger partial charge on any atom is 0.0866 e. The number of hydrogen-bond acceptors (Lipinski definition) is 2. The molecule has 0 unspecified atom stereocenters. The molecule has 0 fully saturated rings. The van der Waals surface area contributed by atoms with Gasteiger partial charge in [0.1, 0.15) is 0 Å². The van der Waals surface area contributed by atoms with Gasteiger partial charge in [-0.05, 0) is 19.5 Å². The summed E-state index contributed by atoms with van der Waals surface area (Å²) in [5.74, 6) is 0. The monoisotopic (exact) mass is 222 g/mol. The van der Waals surface area contributed by atoms with Crippen molar-refractivity contribution in [3.8, 4) is 6.07 Å². The average Bonchev–Trinajstić information content (AvgIpc) is 2.28. The van der Waals surface area contributed by atoms with Crippen LogP contribution in [0.1, 0.15) is 17.9 Å². The van der Waals surface area contributed by atoms with Gasteiger partial charge in [0, 0.05) is 6.04 Å². The predicted octanol–water partition coefficient (Wildman–Crippen LogP) is 2.81. The maximum absolute atomic E-state index is 8.60. The number of hydrogen-bond donors (Lipinski definition) is 0. The van der Waals surface area contributed by atoms with E-state index in [0.29, 0.717) is 6.54 Å². The summed E-state index contributed by atoms with van der Waals surface area (Å²) in [7, 11) is 1.91. The lowest BCUT2D eigenvalue weighted by molar-refractivity contribution is 0.280. The predicted molar refractivity (Wildman–Crippen MR) is 62.7 cm³/mol. The van der Waals surface area contributed by atoms with E-state index in [0.717, 1.165) is 5.56 Å². The van der Waals surface area contributed by atoms with Crippen LogP contribution < -0.4 is 0 Å². The van der Waals surface area contributed by atoms with E-state index in [2.05, 4.69) is 6.07 Å². The number of nitrogens with zero attached hydrogens (tertiary/aromatic N) is 2. The SMILES string of the molecule is C[C@@H]([C@@H](Cl)c1ccccc1)N(C)CC#N. The first-order valence-electron chi connectivity index (χ1n) is 4.93. The van der Waals surface area contributed by atoms with Crippen LogP contribution in [0.25, 0.3) is 0 Å². The van der Waals surface area contributed by atoms with Gasteiger partial charge in [-0.2, -0.15) is 5.26 Å². The lowest BCUT2D eigenvalue weighted by Gasteiger charge is -2.26. The van der Waals surface area contributed by atoms with Crippen LogP contribution in [0.15, 0.2) is 30.3 Å². The number of likely N-dealkylation sites (N-methyl/N-ethyl adjacent to an activating group) is 1. The number of halogens is 1. The van der Waals surface area contributed by atoms with E-state index < -0.39 is 0 Å². The molecule has 0 aliphatic heterocycles. The van der Waals surface area contributed by atoms with Crippen LogP contribution in [0.4, 0.5) is 0 Å². The summed E-state index contributed by atoms with van der Waals surface area (Å²) < 4.78 is 0. The van der Waals surface area contributed by atoms with Crippen molar-refractivity contribution in [2.45, 2.75) is 18.3 Å². The molecule has 0 amide bonds. The minimum absolute atomic E-state index is 0.0791. The zero-order valence-electron chi connectivity index (χ0n) is 9.02. The van der Waals surface area contributed by atoms with E-state index in [9.17, 15) is 0 Å². The Balaban J connectivity index is 2.69. The van der Waals surface area contributed by atoms with Crippen molar-refractivity contribution in [1.82, 2.24) is 4.90 Å². The Kier molecular flexibility index (Phi) is 4.61. The van der Waals surface area contributed by atoms with Crippen molar-refractivity contribution in [2.75, 3.05) is 13.6 Å². The van der Waals surface area contributed by atoms with Crippen LogP contribution in [0, 0.1) is 11.3 Å². The molecule has 80 valence electrons. The number of nitriles is 1. The Morgan fingerprint density at radius 3 is 2.53 bits per heavy atom. The van der Waals surface area contributed by atoms with Gasteiger partial charge < -0.3 is 0 Å². The fourth-order valence-corrected chi connectivity index (χ4v) is 1.73. The molecule has 0 heterocycles. The lowest BCUT2D eigenvalue weighted by Crippen LogP contribution is -2.32. The standard InChI is InChI=1S/C12H15ClN2/c1-10(15(2)9-8-14)12(13)11-6-4-3-5-7-11/h3-7,10,12H,9H2,1-2H3/t10-,12+/m0/s1. The van der Waals surface area contributed by atoms with Crippen molar-refractivity contribution in [2.24, 2.45) is 0 Å². The number of rotatable bonds is 4. The molecule has 1 aromatic carbocycles. The Hall–Kier alpha value is -1.04. The summed E-state index contributed by atoms with van der Waals surface area (Å²) in [5, 5.41) is 8.52. The molecule has 1 aromatic rings. The van der Waals surface area contributed by atoms with Gasteiger partial charge in [0.15, 0.2) is 0 Å². The van der Waals surface area contributed by atoms with Crippen LogP contribution in [0.3, 0.4) is 0 Å². The fraction of sp³-hybridized carbons (Fsp3) is 0.417. The van der Waals surface area contributed by atoms with Crippen LogP contribution in [-0.4, -0.2) is 24.5 Å². The highest BCUT2D eigenvalue weighted by Gasteiger charge is 2.19. The summed E-state index contributed by atoms with van der Waals surface area (Å²) in [5.41, 5.74) is 1.09. The third-order valence-electron chi connectivity index (χ3n) is 2.56. The molecule has 3 heteroatoms. The first-order valence-corrected chi connectivity index (χ1v) is 5.36. The quantitative estimate of drug-likeness (QED) is 0.579. The van der Waals surface area contributed by atoms with Gasteiger partial charge in [-0.1, -0.05) is 30.3 Å². The van der Waals surface area contributed by atoms with Crippen molar-refractivity contribution in [1.29, 1.82) is 5.26 Å². The summed E-state index contributed by atoms with van der Waals surface area (Å²) in [6.45, 7) is 2.43. The minimum atomic E-state index is -0.0791. The first-order chi connectivity index (χ1) is 7.16. The van der Waals surface area contributed by atoms with Gasteiger partial charge >= 0.3 is 0 Å². The molecule has 0 N–H and O–H groups in total. The normalized spacial score (nSPS) is 14.6. The molecule has 0 spiro atoms. The molecule has 0 bridgehead atoms. The number of benzene rings is 1. The van der Waals surface area contributed by atoms with E-state index in [-0.39, 0.29) is 11.4 Å². The molecule has 0 saturated heterocycles. The second-order valence-electron chi connectivity index (χ2n) is 3.63. The molecule has 2 nitrogen and oxygen atoms in total. The number of alkyl halides is 1. The van der Waals surface area contributed by atoms with E-state index in [1.54, 1.807) is 0 Å². The van der Waals surface area contributed by atoms with Gasteiger partial charge in [0.25, 0.3) is 0 Å². The third kappa shape index (κ3) is 3.23. The van der Waals surface area contributed by atoms with E-state index in [1.165, 1.54) is 0 Å². The Labute approximate surface area is 96.1 Å². The van der Waals surface area contributed by atoms with Crippen molar-refractivity contribution in [3.05, 3.63) is 35.9 Å². The minimum Gasteiger partial charge on any atom is -0.289 e. The summed E-state index contributed by atoms with van der Waals surface area (Å²) in [4.78, 5) is 1.95. The molecule has 2 atom stereocenters. The van der Waals surface area contributed by atoms with Gasteiger partial charge in [-0.3, -0.25) is 4.90 Å². The Morgan fingerprint density at radius 1 is 1.40 bits per heavy atom. The second-order valence-corrected chi connectivity index (χ2v) is 4.10. The molecule has 0 radical (unpaired) electrons. The maximum atomic E-state index is 8.60. The third-order valence-corrected chi connectivity index (χ3v) is 3.17. The summed E-state index contributed by atoms with van der Waals surface area (Å²) in [6.07, 6.45) is 0. The van der Waals surface area contributed by atoms with Crippen LogP contribution in [0.5, 0.6) is 0 Å². The molecule has 0 aromatic heterocycles. The zero-order chi connectivity index (χ0) is 11.3. The fourth-order valence-electron chi connectivity index (χ4n) is 1.39. The molecule has 15 heavy (non-hydrogen) atoms. The summed E-state index contributed by atoms with van der Waals surface area (Å²) in [6, 6.07) is 12.2. The molecular formula is C12H15ClN2. The van der Waals surface area contributed by atoms with E-state index in [4.69, 9.17) is 16.9 Å². The highest BCUT2D eigenvalue weighted by molar-refractivity contribution is 6.21. The lowest BCUT2D eigenvalue weighted by atomic mass is 10.1. The molecule has 1 rings (SSSR count). The van der Waals surface area contributed by atoms with E-state index >= 15 is 0 Å². The van der Waals surface area contributed by atoms with Crippen molar-refractivity contribution >= 4 is 11.6 Å². The van der Waals surface area contributed by atoms with Crippen molar-refractivity contribution in [3.63, 3.8) is 0 Å². The van der Waals surface area contributed by atoms with Crippen LogP contribution >= 0.6 is 11.6 Å². The van der Waals surface area contributed by atoms with Gasteiger partial charge in [-0.25, -0.2) is 0 Å². The van der Waals surface area contributed by atoms with Gasteiger partial charge in [0.05, 0.1) is 18.0 Å². The van der Waals surface area contributed by atoms with Gasteiger partial charge in [0.2, 0.25) is 0 Å². The van der Waals surface area contributed by atoms with E-state index in [1.807, 2.05) is 49.2 Å². The van der Waals surface area contributed by atoms with Gasteiger partial charge in [-0.15, -0.1) is 11.6 Å². The second kappa shape index (κ2) is 5.75. The molecular weight excluding hydrogens is 208 g/mol. The van der Waals surface area contributed by atoms with Crippen LogP contribution in [-0.2, 0) is 0 Å². The van der Waals surface area contributed by atoms with Crippen molar-refractivity contribution < 1.29 is 0 Å². The average molecular weight is 223 g/mol. The zero-order valence-corrected chi connectivity index (χ0v) is 9.78. The summed E-state index contributed by atoms with van der Waals surface area (Å²) >= 11 is 6.34. The largest absolute Gasteiger partial charge is 0.289 e. The smallest absolute Gasteiger partial charge is 0.0866 e. The molecule has 0 saturated carbocycles. The highest BCUT2D eigenvalue weighted by atomic mass is 35.5. The first kappa shape index (κ1) is 12.0. The Morgan fingerprint density at radius 2 is 2.00 bits per heavy atom. The Bertz CT molecular complexity index is 331. The van der Waals surface area contributed by atoms with Crippen LogP contribution in [0.2, 0.25) is 0 Å². The highest BCUT2D eigenvalue weighted by Crippen LogP contribution is 2.26. The molecule has 0 aliphatic rings.